The van der Waals surface area contributed by atoms with Gasteiger partial charge in [-0.2, -0.15) is 0 Å². The van der Waals surface area contributed by atoms with Crippen molar-refractivity contribution in [2.24, 2.45) is 5.41 Å². The molecule has 3 rings (SSSR count). The summed E-state index contributed by atoms with van der Waals surface area (Å²) in [7, 11) is 0. The third kappa shape index (κ3) is 2.74. The van der Waals surface area contributed by atoms with Crippen molar-refractivity contribution in [3.05, 3.63) is 35.5 Å². The standard InChI is InChI=1S/C16H18ClN3O/c1-16(6-9-18-10-7-16)15(21)20-13-5-4-12(17)14-11(13)3-2-8-19-14/h2-5,8,18H,6-7,9-10H2,1H3,(H,20,21). The number of carbonyl (C=O) groups excluding carboxylic acids is 1. The van der Waals surface area contributed by atoms with Crippen molar-refractivity contribution in [1.29, 1.82) is 0 Å². The number of benzene rings is 1. The first-order chi connectivity index (χ1) is 10.1. The predicted octanol–water partition coefficient (Wildman–Crippen LogP) is 3.22. The van der Waals surface area contributed by atoms with Gasteiger partial charge in [-0.15, -0.1) is 0 Å². The largest absolute Gasteiger partial charge is 0.325 e. The summed E-state index contributed by atoms with van der Waals surface area (Å²) in [5.74, 6) is 0.0662. The molecule has 21 heavy (non-hydrogen) atoms. The van der Waals surface area contributed by atoms with Gasteiger partial charge in [0.05, 0.1) is 16.2 Å². The Labute approximate surface area is 128 Å². The third-order valence-corrected chi connectivity index (χ3v) is 4.53. The monoisotopic (exact) mass is 303 g/mol. The highest BCUT2D eigenvalue weighted by molar-refractivity contribution is 6.35. The van der Waals surface area contributed by atoms with Crippen LogP contribution in [0, 0.1) is 5.41 Å². The molecule has 0 unspecified atom stereocenters. The van der Waals surface area contributed by atoms with Crippen molar-refractivity contribution in [2.45, 2.75) is 19.8 Å². The second-order valence-electron chi connectivity index (χ2n) is 5.76. The molecule has 5 heteroatoms. The lowest BCUT2D eigenvalue weighted by molar-refractivity contribution is -0.126. The van der Waals surface area contributed by atoms with Gasteiger partial charge in [-0.25, -0.2) is 0 Å². The van der Waals surface area contributed by atoms with E-state index in [4.69, 9.17) is 11.6 Å². The molecule has 4 nitrogen and oxygen atoms in total. The third-order valence-electron chi connectivity index (χ3n) is 4.22. The molecule has 1 aromatic heterocycles. The van der Waals surface area contributed by atoms with E-state index < -0.39 is 0 Å². The minimum absolute atomic E-state index is 0.0662. The lowest BCUT2D eigenvalue weighted by Gasteiger charge is -2.32. The molecule has 1 aliphatic rings. The fourth-order valence-corrected chi connectivity index (χ4v) is 2.94. The van der Waals surface area contributed by atoms with E-state index in [9.17, 15) is 4.79 Å². The molecule has 1 saturated heterocycles. The Morgan fingerprint density at radius 2 is 2.10 bits per heavy atom. The molecule has 110 valence electrons. The van der Waals surface area contributed by atoms with Crippen LogP contribution < -0.4 is 10.6 Å². The number of anilines is 1. The van der Waals surface area contributed by atoms with Crippen molar-refractivity contribution in [2.75, 3.05) is 18.4 Å². The Hall–Kier alpha value is -1.65. The molecule has 2 N–H and O–H groups in total. The van der Waals surface area contributed by atoms with E-state index in [1.807, 2.05) is 25.1 Å². The predicted molar refractivity (Wildman–Crippen MR) is 85.6 cm³/mol. The van der Waals surface area contributed by atoms with E-state index in [1.54, 1.807) is 12.3 Å². The van der Waals surface area contributed by atoms with Gasteiger partial charge in [0.15, 0.2) is 0 Å². The zero-order chi connectivity index (χ0) is 14.9. The van der Waals surface area contributed by atoms with E-state index in [0.717, 1.165) is 37.0 Å². The Morgan fingerprint density at radius 1 is 1.33 bits per heavy atom. The van der Waals surface area contributed by atoms with Crippen LogP contribution in [-0.2, 0) is 4.79 Å². The van der Waals surface area contributed by atoms with Crippen LogP contribution in [0.15, 0.2) is 30.5 Å². The zero-order valence-electron chi connectivity index (χ0n) is 11.9. The average molecular weight is 304 g/mol. The molecule has 0 aliphatic carbocycles. The lowest BCUT2D eigenvalue weighted by atomic mass is 9.80. The summed E-state index contributed by atoms with van der Waals surface area (Å²) >= 11 is 6.16. The number of nitrogens with zero attached hydrogens (tertiary/aromatic N) is 1. The summed E-state index contributed by atoms with van der Waals surface area (Å²) in [6.45, 7) is 3.79. The molecule has 2 heterocycles. The summed E-state index contributed by atoms with van der Waals surface area (Å²) in [5.41, 5.74) is 1.17. The van der Waals surface area contributed by atoms with Gasteiger partial charge in [0.1, 0.15) is 0 Å². The maximum absolute atomic E-state index is 12.6. The Bertz CT molecular complexity index is 680. The minimum Gasteiger partial charge on any atom is -0.325 e. The number of fused-ring (bicyclic) bond motifs is 1. The number of hydrogen-bond acceptors (Lipinski definition) is 3. The fraction of sp³-hybridized carbons (Fsp3) is 0.375. The van der Waals surface area contributed by atoms with Gasteiger partial charge in [-0.3, -0.25) is 9.78 Å². The summed E-state index contributed by atoms with van der Waals surface area (Å²) in [4.78, 5) is 16.9. The van der Waals surface area contributed by atoms with Crippen LogP contribution in [0.5, 0.6) is 0 Å². The Balaban J connectivity index is 1.91. The number of aromatic nitrogens is 1. The smallest absolute Gasteiger partial charge is 0.230 e. The summed E-state index contributed by atoms with van der Waals surface area (Å²) < 4.78 is 0. The zero-order valence-corrected chi connectivity index (χ0v) is 12.7. The van der Waals surface area contributed by atoms with Crippen LogP contribution in [0.25, 0.3) is 10.9 Å². The van der Waals surface area contributed by atoms with Gasteiger partial charge in [0.2, 0.25) is 5.91 Å². The quantitative estimate of drug-likeness (QED) is 0.895. The van der Waals surface area contributed by atoms with Crippen molar-refractivity contribution in [1.82, 2.24) is 10.3 Å². The summed E-state index contributed by atoms with van der Waals surface area (Å²) in [6, 6.07) is 7.39. The number of hydrogen-bond donors (Lipinski definition) is 2. The molecule has 1 aliphatic heterocycles. The van der Waals surface area contributed by atoms with Crippen LogP contribution in [0.4, 0.5) is 5.69 Å². The van der Waals surface area contributed by atoms with Crippen molar-refractivity contribution >= 4 is 34.1 Å². The van der Waals surface area contributed by atoms with Crippen molar-refractivity contribution in [3.63, 3.8) is 0 Å². The molecular weight excluding hydrogens is 286 g/mol. The second-order valence-corrected chi connectivity index (χ2v) is 6.17. The molecule has 0 bridgehead atoms. The van der Waals surface area contributed by atoms with Crippen LogP contribution in [0.2, 0.25) is 5.02 Å². The van der Waals surface area contributed by atoms with Gasteiger partial charge in [-0.1, -0.05) is 18.5 Å². The molecule has 2 aromatic rings. The lowest BCUT2D eigenvalue weighted by Crippen LogP contribution is -2.42. The summed E-state index contributed by atoms with van der Waals surface area (Å²) in [6.07, 6.45) is 3.40. The normalized spacial score (nSPS) is 17.6. The van der Waals surface area contributed by atoms with E-state index in [1.165, 1.54) is 0 Å². The van der Waals surface area contributed by atoms with E-state index >= 15 is 0 Å². The van der Waals surface area contributed by atoms with Gasteiger partial charge in [-0.05, 0) is 50.2 Å². The molecule has 1 amide bonds. The molecule has 0 spiro atoms. The van der Waals surface area contributed by atoms with Crippen LogP contribution in [0.1, 0.15) is 19.8 Å². The molecule has 0 atom stereocenters. The fourth-order valence-electron chi connectivity index (χ4n) is 2.73. The average Bonchev–Trinajstić information content (AvgIpc) is 2.51. The second kappa shape index (κ2) is 5.62. The van der Waals surface area contributed by atoms with Crippen LogP contribution in [-0.4, -0.2) is 24.0 Å². The van der Waals surface area contributed by atoms with Crippen molar-refractivity contribution in [3.8, 4) is 0 Å². The maximum Gasteiger partial charge on any atom is 0.230 e. The Morgan fingerprint density at radius 3 is 2.86 bits per heavy atom. The van der Waals surface area contributed by atoms with Crippen molar-refractivity contribution < 1.29 is 4.79 Å². The molecule has 0 radical (unpaired) electrons. The van der Waals surface area contributed by atoms with Crippen LogP contribution in [0.3, 0.4) is 0 Å². The number of halogens is 1. The van der Waals surface area contributed by atoms with E-state index in [0.29, 0.717) is 10.5 Å². The summed E-state index contributed by atoms with van der Waals surface area (Å²) in [5, 5.41) is 7.81. The van der Waals surface area contributed by atoms with E-state index in [-0.39, 0.29) is 11.3 Å². The Kier molecular flexibility index (Phi) is 3.83. The topological polar surface area (TPSA) is 54.0 Å². The number of piperidine rings is 1. The molecule has 0 saturated carbocycles. The number of pyridine rings is 1. The number of nitrogens with one attached hydrogen (secondary N) is 2. The molecule has 1 aromatic carbocycles. The highest BCUT2D eigenvalue weighted by atomic mass is 35.5. The molecular formula is C16H18ClN3O. The maximum atomic E-state index is 12.6. The van der Waals surface area contributed by atoms with Gasteiger partial charge in [0, 0.05) is 17.0 Å². The van der Waals surface area contributed by atoms with Crippen LogP contribution >= 0.6 is 11.6 Å². The highest BCUT2D eigenvalue weighted by Gasteiger charge is 2.34. The molecule has 1 fully saturated rings. The number of amides is 1. The first-order valence-electron chi connectivity index (χ1n) is 7.16. The van der Waals surface area contributed by atoms with E-state index in [2.05, 4.69) is 15.6 Å². The first-order valence-corrected chi connectivity index (χ1v) is 7.53. The highest BCUT2D eigenvalue weighted by Crippen LogP contribution is 2.32. The number of rotatable bonds is 2. The minimum atomic E-state index is -0.320. The first kappa shape index (κ1) is 14.3. The van der Waals surface area contributed by atoms with Gasteiger partial charge < -0.3 is 10.6 Å². The van der Waals surface area contributed by atoms with Gasteiger partial charge >= 0.3 is 0 Å². The van der Waals surface area contributed by atoms with Gasteiger partial charge in [0.25, 0.3) is 0 Å². The number of carbonyl (C=O) groups is 1. The SMILES string of the molecule is CC1(C(=O)Nc2ccc(Cl)c3ncccc23)CCNCC1.